The van der Waals surface area contributed by atoms with Gasteiger partial charge in [-0.05, 0) is 330 Å². The fourth-order valence-corrected chi connectivity index (χ4v) is 22.8. The van der Waals surface area contributed by atoms with Crippen LogP contribution < -0.4 is 31.9 Å². The van der Waals surface area contributed by atoms with Gasteiger partial charge in [0.25, 0.3) is 29.5 Å². The van der Waals surface area contributed by atoms with E-state index in [1.165, 1.54) is 73.8 Å². The number of benzene rings is 5. The van der Waals surface area contributed by atoms with Crippen LogP contribution in [0.3, 0.4) is 0 Å². The summed E-state index contributed by atoms with van der Waals surface area (Å²) in [7, 11) is 3.45. The van der Waals surface area contributed by atoms with Crippen LogP contribution in [0.5, 0.6) is 0 Å². The predicted molar refractivity (Wildman–Crippen MR) is 570 cm³/mol. The first-order valence-corrected chi connectivity index (χ1v) is 52.8. The molecule has 40 heteroatoms. The summed E-state index contributed by atoms with van der Waals surface area (Å²) in [5.41, 5.74) is 1.86. The lowest BCUT2D eigenvalue weighted by molar-refractivity contribution is -0.140. The second-order valence-electron chi connectivity index (χ2n) is 46.4. The second kappa shape index (κ2) is 53.5. The zero-order valence-electron chi connectivity index (χ0n) is 90.5. The van der Waals surface area contributed by atoms with E-state index in [9.17, 15) is 79.8 Å². The third-order valence-corrected chi connectivity index (χ3v) is 30.0. The number of hydrogen-bond donors (Lipinski definition) is 8. The van der Waals surface area contributed by atoms with E-state index >= 15 is 0 Å². The standard InChI is InChI=1S/C26H35ClFN5O4.C26H37ClFN5O3.C21H30ClFN2O3.C19H26ClFN2O2.C18H24ClFN2O2/c1-25(2)13-18(29-24(36)22(34)12-17-8-9-20(27)21(28)11-17)14-26(3,4)33(25)16-19-15-32(31-30-19)10-6-7-23(35)37-5;1-25(2)14-19(29-24(36)23(35)13-18-8-9-21(27)22(28)12-18)15-26(3,4)33(25)17-20-16-32(31-30-20)10-6-5-7-11-34;1-20(2)12-15(13-21(3,4)25(20)8-5-9-26)24-19(28)18(27)11-14-6-7-16(22)17(23)10-14;1-18(2)10-13(11-19(3,4)23(18)5)22-17(25)16(24)9-12-6-7-14(20)15(21)8-12;1-17(2)9-12(10-18(3,4)22-17)21-16(24)15(23)8-11-5-6-13(19)14(20)7-11/h8-9,11,15,18H,6-7,10,12-14,16H2,1-5H3,(H,29,36);8-9,12,16,19,34H,5-7,10-11,13-15,17H2,1-4H3,(H,29,36);6-7,10,15,26H,5,8-9,11-13H2,1-4H3,(H,24,28);6-8,13H,9-11H2,1-5H3,(H,22,25);5-7,12,22H,8-10H2,1-4H3,(H,21,24). The Morgan fingerprint density at radius 3 is 0.847 bits per heavy atom. The van der Waals surface area contributed by atoms with Crippen LogP contribution in [-0.2, 0) is 116 Å². The van der Waals surface area contributed by atoms with Crippen molar-refractivity contribution in [2.45, 2.75) is 385 Å². The summed E-state index contributed by atoms with van der Waals surface area (Å²) >= 11 is 28.3. The molecule has 0 saturated carbocycles. The number of aryl methyl sites for hydroxylation is 2. The number of carbonyl (C=O) groups is 11. The van der Waals surface area contributed by atoms with Gasteiger partial charge in [0.05, 0.1) is 43.6 Å². The van der Waals surface area contributed by atoms with E-state index in [4.69, 9.17) is 63.1 Å². The van der Waals surface area contributed by atoms with Gasteiger partial charge in [-0.2, -0.15) is 0 Å². The minimum atomic E-state index is -0.671. The molecule has 826 valence electrons. The number of halogens is 10. The van der Waals surface area contributed by atoms with Crippen LogP contribution in [0.1, 0.15) is 280 Å². The van der Waals surface area contributed by atoms with Crippen LogP contribution in [0.25, 0.3) is 0 Å². The predicted octanol–water partition coefficient (Wildman–Crippen LogP) is 16.6. The first kappa shape index (κ1) is 126. The van der Waals surface area contributed by atoms with Gasteiger partial charge in [0.1, 0.15) is 29.1 Å². The van der Waals surface area contributed by atoms with Crippen molar-refractivity contribution in [1.29, 1.82) is 0 Å². The first-order valence-electron chi connectivity index (χ1n) is 50.9. The Labute approximate surface area is 903 Å². The smallest absolute Gasteiger partial charge is 0.305 e. The summed E-state index contributed by atoms with van der Waals surface area (Å²) in [6, 6.07) is 19.9. The molecule has 12 rings (SSSR count). The highest BCUT2D eigenvalue weighted by Gasteiger charge is 2.51. The van der Waals surface area contributed by atoms with Crippen LogP contribution in [0.4, 0.5) is 22.0 Å². The number of unbranched alkanes of at least 4 members (excludes halogenated alkanes) is 2. The van der Waals surface area contributed by atoms with Crippen LogP contribution >= 0.6 is 58.0 Å². The summed E-state index contributed by atoms with van der Waals surface area (Å²) in [6.07, 6.45) is 14.4. The number of ether oxygens (including phenoxy) is 1. The molecule has 150 heavy (non-hydrogen) atoms. The molecule has 5 amide bonds. The zero-order chi connectivity index (χ0) is 112. The molecule has 5 saturated heterocycles. The lowest BCUT2D eigenvalue weighted by Crippen LogP contribution is -2.64. The number of aliphatic hydroxyl groups excluding tert-OH is 2. The Morgan fingerprint density at radius 1 is 0.347 bits per heavy atom. The minimum Gasteiger partial charge on any atom is -0.469 e. The summed E-state index contributed by atoms with van der Waals surface area (Å²) in [6.45, 7) is 45.9. The highest BCUT2D eigenvalue weighted by Crippen LogP contribution is 2.44. The molecular weight excluding hydrogens is 2040 g/mol. The summed E-state index contributed by atoms with van der Waals surface area (Å²) in [4.78, 5) is 145. The Kier molecular flexibility index (Phi) is 44.8. The molecule has 0 atom stereocenters. The van der Waals surface area contributed by atoms with E-state index in [-0.39, 0.29) is 162 Å². The number of piperidine rings is 5. The Bertz CT molecular complexity index is 5820. The highest BCUT2D eigenvalue weighted by molar-refractivity contribution is 6.39. The van der Waals surface area contributed by atoms with Crippen LogP contribution in [0.2, 0.25) is 25.1 Å². The number of esters is 1. The van der Waals surface area contributed by atoms with Crippen molar-refractivity contribution in [2.24, 2.45) is 0 Å². The molecule has 0 bridgehead atoms. The van der Waals surface area contributed by atoms with Crippen molar-refractivity contribution < 1.29 is 89.6 Å². The molecule has 7 aromatic rings. The number of Topliss-reactive ketones (excluding diaryl/α,β-unsaturated/α-hetero) is 5. The lowest BCUT2D eigenvalue weighted by Gasteiger charge is -2.55. The van der Waals surface area contributed by atoms with Crippen LogP contribution in [0, 0.1) is 29.1 Å². The van der Waals surface area contributed by atoms with Gasteiger partial charge >= 0.3 is 5.97 Å². The van der Waals surface area contributed by atoms with Gasteiger partial charge in [-0.25, -0.2) is 22.0 Å². The number of nitrogens with zero attached hydrogens (tertiary/aromatic N) is 10. The maximum atomic E-state index is 13.7. The van der Waals surface area contributed by atoms with Crippen molar-refractivity contribution >= 4 is 122 Å². The average molecular weight is 2190 g/mol. The van der Waals surface area contributed by atoms with Gasteiger partial charge < -0.3 is 46.9 Å². The molecule has 5 fully saturated rings. The number of methoxy groups -OCH3 is 1. The summed E-state index contributed by atoms with van der Waals surface area (Å²) in [5.74, 6) is -9.45. The van der Waals surface area contributed by atoms with Crippen molar-refractivity contribution in [3.8, 4) is 0 Å². The monoisotopic (exact) mass is 2190 g/mol. The molecule has 5 aromatic carbocycles. The quantitative estimate of drug-likeness (QED) is 0.00782. The molecule has 8 N–H and O–H groups in total. The number of ketones is 5. The third kappa shape index (κ3) is 37.6. The van der Waals surface area contributed by atoms with Gasteiger partial charge in [-0.15, -0.1) is 10.2 Å². The number of aliphatic hydroxyl groups is 2. The van der Waals surface area contributed by atoms with Crippen molar-refractivity contribution in [3.05, 3.63) is 197 Å². The van der Waals surface area contributed by atoms with E-state index in [1.807, 2.05) is 17.1 Å². The molecule has 30 nitrogen and oxygen atoms in total. The topological polar surface area (TPSA) is 384 Å². The lowest BCUT2D eigenvalue weighted by atomic mass is 9.76. The van der Waals surface area contributed by atoms with Gasteiger partial charge in [0, 0.05) is 182 Å². The van der Waals surface area contributed by atoms with E-state index in [0.29, 0.717) is 105 Å². The van der Waals surface area contributed by atoms with Crippen LogP contribution in [0.15, 0.2) is 103 Å². The van der Waals surface area contributed by atoms with Gasteiger partial charge in [0.15, 0.2) is 0 Å². The largest absolute Gasteiger partial charge is 0.469 e. The number of hydrogen-bond acceptors (Lipinski definition) is 23. The van der Waals surface area contributed by atoms with E-state index in [0.717, 1.165) is 69.4 Å². The zero-order valence-corrected chi connectivity index (χ0v) is 94.3. The highest BCUT2D eigenvalue weighted by atomic mass is 35.5. The van der Waals surface area contributed by atoms with E-state index in [1.54, 1.807) is 28.9 Å². The number of nitrogens with one attached hydrogen (secondary N) is 6. The van der Waals surface area contributed by atoms with E-state index < -0.39 is 87.5 Å². The Hall–Kier alpha value is -9.63. The molecule has 5 aliphatic rings. The molecule has 0 radical (unpaired) electrons. The number of likely N-dealkylation sites (tertiary alicyclic amines) is 4. The second-order valence-corrected chi connectivity index (χ2v) is 48.4. The van der Waals surface area contributed by atoms with Gasteiger partial charge in [0.2, 0.25) is 28.9 Å². The average Bonchev–Trinajstić information content (AvgIpc) is 1.13. The summed E-state index contributed by atoms with van der Waals surface area (Å²) < 4.78 is 76.0. The molecule has 0 aliphatic carbocycles. The fraction of sp³-hybridized carbons (Fsp3) is 0.591. The first-order chi connectivity index (χ1) is 69.6. The van der Waals surface area contributed by atoms with Crippen molar-refractivity contribution in [1.82, 2.24) is 81.5 Å². The Morgan fingerprint density at radius 2 is 0.593 bits per heavy atom. The fourth-order valence-electron chi connectivity index (χ4n) is 22.2. The van der Waals surface area contributed by atoms with Gasteiger partial charge in [-0.3, -0.25) is 81.7 Å². The molecule has 2 aromatic heterocycles. The van der Waals surface area contributed by atoms with E-state index in [2.05, 4.69) is 222 Å². The maximum absolute atomic E-state index is 13.7. The number of carbonyl (C=O) groups excluding carboxylic acids is 11. The minimum absolute atomic E-state index is 0.00330. The summed E-state index contributed by atoms with van der Waals surface area (Å²) in [5, 5.41) is 53.0. The maximum Gasteiger partial charge on any atom is 0.305 e. The number of rotatable bonds is 36. The molecule has 0 spiro atoms. The molecule has 7 heterocycles. The van der Waals surface area contributed by atoms with Crippen molar-refractivity contribution in [2.75, 3.05) is 33.9 Å². The normalized spacial score (nSPS) is 18.7. The number of amides is 5. The molecule has 0 unspecified atom stereocenters. The van der Waals surface area contributed by atoms with Gasteiger partial charge in [-0.1, -0.05) is 98.8 Å². The van der Waals surface area contributed by atoms with Crippen molar-refractivity contribution in [3.63, 3.8) is 0 Å². The van der Waals surface area contributed by atoms with Crippen LogP contribution in [-0.4, -0.2) is 244 Å². The molecule has 5 aliphatic heterocycles. The Balaban J connectivity index is 0.000000231. The third-order valence-electron chi connectivity index (χ3n) is 28.4. The SMILES string of the molecule is CC1(C)CC(NC(=O)C(=O)Cc2ccc(Cl)c(F)c2)CC(C)(C)N1.CC1(C)CC(NC(=O)C(=O)Cc2ccc(Cl)c(F)c2)CC(C)(C)N1CCCO.CC1(C)CC(NC(=O)C(=O)Cc2ccc(Cl)c(F)c2)CC(C)(C)N1Cc1cn(CCCCCO)nn1.CN1C(C)(C)CC(NC(=O)C(=O)Cc2ccc(Cl)c(F)c2)CC1(C)C.COC(=O)CCCn1cc(CN2C(C)(C)CC(NC(=O)C(=O)Cc3ccc(Cl)c(F)c3)CC2(C)C)nn1. The number of aromatic nitrogens is 6. The molecular formula is C110H152Cl5F5N16O14.